The highest BCUT2D eigenvalue weighted by atomic mass is 79.9. The van der Waals surface area contributed by atoms with Crippen molar-refractivity contribution in [2.75, 3.05) is 7.11 Å². The third kappa shape index (κ3) is 2.58. The molecule has 0 spiro atoms. The SMILES string of the molecule is COC(=O)c1ccc(C2CC2c2ncc(Br)s2)cc1. The predicted molar refractivity (Wildman–Crippen MR) is 77.7 cm³/mol. The molecule has 2 aromatic rings. The fraction of sp³-hybridized carbons (Fsp3) is 0.286. The number of methoxy groups -OCH3 is 1. The van der Waals surface area contributed by atoms with Gasteiger partial charge in [-0.2, -0.15) is 0 Å². The van der Waals surface area contributed by atoms with Crippen LogP contribution in [0.1, 0.15) is 39.2 Å². The topological polar surface area (TPSA) is 39.2 Å². The van der Waals surface area contributed by atoms with Gasteiger partial charge < -0.3 is 4.74 Å². The van der Waals surface area contributed by atoms with Gasteiger partial charge in [-0.3, -0.25) is 0 Å². The molecule has 19 heavy (non-hydrogen) atoms. The second-order valence-electron chi connectivity index (χ2n) is 4.56. The number of hydrogen-bond acceptors (Lipinski definition) is 4. The van der Waals surface area contributed by atoms with Crippen LogP contribution in [0.4, 0.5) is 0 Å². The molecule has 0 bridgehead atoms. The zero-order valence-electron chi connectivity index (χ0n) is 10.3. The molecule has 2 atom stereocenters. The Balaban J connectivity index is 1.73. The van der Waals surface area contributed by atoms with Gasteiger partial charge in [0.05, 0.1) is 27.7 Å². The van der Waals surface area contributed by atoms with Crippen molar-refractivity contribution < 1.29 is 9.53 Å². The van der Waals surface area contributed by atoms with Crippen LogP contribution in [0.15, 0.2) is 34.2 Å². The molecule has 1 aliphatic carbocycles. The highest BCUT2D eigenvalue weighted by molar-refractivity contribution is 9.11. The summed E-state index contributed by atoms with van der Waals surface area (Å²) in [4.78, 5) is 15.8. The first kappa shape index (κ1) is 12.8. The highest BCUT2D eigenvalue weighted by Gasteiger charge is 2.41. The van der Waals surface area contributed by atoms with Crippen LogP contribution in [0.2, 0.25) is 0 Å². The van der Waals surface area contributed by atoms with E-state index in [4.69, 9.17) is 4.74 Å². The number of aromatic nitrogens is 1. The Bertz CT molecular complexity index is 608. The summed E-state index contributed by atoms with van der Waals surface area (Å²) in [5.74, 6) is 0.771. The summed E-state index contributed by atoms with van der Waals surface area (Å²) in [5.41, 5.74) is 1.87. The maximum absolute atomic E-state index is 11.4. The van der Waals surface area contributed by atoms with Gasteiger partial charge in [-0.25, -0.2) is 9.78 Å². The molecule has 1 heterocycles. The second kappa shape index (κ2) is 5.06. The first-order chi connectivity index (χ1) is 9.19. The van der Waals surface area contributed by atoms with Crippen LogP contribution in [-0.4, -0.2) is 18.1 Å². The van der Waals surface area contributed by atoms with E-state index < -0.39 is 0 Å². The minimum atomic E-state index is -0.289. The van der Waals surface area contributed by atoms with Crippen molar-refractivity contribution in [2.45, 2.75) is 18.3 Å². The molecule has 98 valence electrons. The molecular weight excluding hydrogens is 326 g/mol. The predicted octanol–water partition coefficient (Wildman–Crippen LogP) is 3.96. The number of rotatable bonds is 3. The number of esters is 1. The lowest BCUT2D eigenvalue weighted by atomic mass is 10.1. The number of carbonyl (C=O) groups is 1. The molecule has 1 aliphatic rings. The van der Waals surface area contributed by atoms with Gasteiger partial charge in [0, 0.05) is 5.92 Å². The van der Waals surface area contributed by atoms with Crippen molar-refractivity contribution in [3.8, 4) is 0 Å². The van der Waals surface area contributed by atoms with E-state index in [1.165, 1.54) is 17.7 Å². The van der Waals surface area contributed by atoms with E-state index in [-0.39, 0.29) is 5.97 Å². The summed E-state index contributed by atoms with van der Waals surface area (Å²) >= 11 is 5.14. The molecule has 5 heteroatoms. The normalized spacial score (nSPS) is 21.2. The van der Waals surface area contributed by atoms with Gasteiger partial charge in [0.15, 0.2) is 0 Å². The van der Waals surface area contributed by atoms with Crippen LogP contribution < -0.4 is 0 Å². The van der Waals surface area contributed by atoms with Crippen molar-refractivity contribution >= 4 is 33.2 Å². The Labute approximate surface area is 123 Å². The number of halogens is 1. The van der Waals surface area contributed by atoms with E-state index in [9.17, 15) is 4.79 Å². The fourth-order valence-corrected chi connectivity index (χ4v) is 3.68. The van der Waals surface area contributed by atoms with Gasteiger partial charge in [-0.05, 0) is 46.0 Å². The van der Waals surface area contributed by atoms with Crippen LogP contribution in [-0.2, 0) is 4.74 Å². The van der Waals surface area contributed by atoms with E-state index in [1.54, 1.807) is 11.3 Å². The molecule has 0 saturated heterocycles. The lowest BCUT2D eigenvalue weighted by molar-refractivity contribution is 0.0600. The Morgan fingerprint density at radius 1 is 1.37 bits per heavy atom. The molecule has 3 nitrogen and oxygen atoms in total. The standard InChI is InChI=1S/C14H12BrNO2S/c1-18-14(17)9-4-2-8(3-5-9)10-6-11(10)13-16-7-12(15)19-13/h2-5,7,10-11H,6H2,1H3. The third-order valence-corrected chi connectivity index (χ3v) is 4.97. The van der Waals surface area contributed by atoms with Gasteiger partial charge in [0.1, 0.15) is 0 Å². The summed E-state index contributed by atoms with van der Waals surface area (Å²) in [6.45, 7) is 0. The lowest BCUT2D eigenvalue weighted by Crippen LogP contribution is -2.00. The number of ether oxygens (including phenoxy) is 1. The monoisotopic (exact) mass is 337 g/mol. The molecule has 1 aromatic carbocycles. The summed E-state index contributed by atoms with van der Waals surface area (Å²) in [6.07, 6.45) is 2.99. The molecule has 3 rings (SSSR count). The second-order valence-corrected chi connectivity index (χ2v) is 7.01. The number of carbonyl (C=O) groups excluding carboxylic acids is 1. The van der Waals surface area contributed by atoms with E-state index in [0.717, 1.165) is 10.2 Å². The molecule has 0 N–H and O–H groups in total. The Kier molecular flexibility index (Phi) is 3.41. The molecular formula is C14H12BrNO2S. The van der Waals surface area contributed by atoms with Crippen LogP contribution >= 0.6 is 27.3 Å². The molecule has 2 unspecified atom stereocenters. The minimum absolute atomic E-state index is 0.289. The average Bonchev–Trinajstić information content (AvgIpc) is 3.13. The largest absolute Gasteiger partial charge is 0.465 e. The summed E-state index contributed by atoms with van der Waals surface area (Å²) in [5, 5.41) is 1.19. The quantitative estimate of drug-likeness (QED) is 0.795. The number of hydrogen-bond donors (Lipinski definition) is 0. The van der Waals surface area contributed by atoms with Crippen molar-refractivity contribution in [3.63, 3.8) is 0 Å². The molecule has 0 radical (unpaired) electrons. The van der Waals surface area contributed by atoms with Gasteiger partial charge in [0.25, 0.3) is 0 Å². The molecule has 1 fully saturated rings. The zero-order chi connectivity index (χ0) is 13.4. The Morgan fingerprint density at radius 3 is 2.68 bits per heavy atom. The Morgan fingerprint density at radius 2 is 2.11 bits per heavy atom. The van der Waals surface area contributed by atoms with E-state index >= 15 is 0 Å². The first-order valence-corrected chi connectivity index (χ1v) is 7.59. The number of benzene rings is 1. The maximum Gasteiger partial charge on any atom is 0.337 e. The van der Waals surface area contributed by atoms with E-state index in [2.05, 4.69) is 20.9 Å². The van der Waals surface area contributed by atoms with Crippen LogP contribution in [0, 0.1) is 0 Å². The fourth-order valence-electron chi connectivity index (χ4n) is 2.26. The van der Waals surface area contributed by atoms with Crippen molar-refractivity contribution in [1.29, 1.82) is 0 Å². The maximum atomic E-state index is 11.4. The first-order valence-electron chi connectivity index (χ1n) is 5.98. The summed E-state index contributed by atoms with van der Waals surface area (Å²) in [6, 6.07) is 7.68. The third-order valence-electron chi connectivity index (χ3n) is 3.36. The number of thiazole rings is 1. The zero-order valence-corrected chi connectivity index (χ0v) is 12.7. The van der Waals surface area contributed by atoms with Gasteiger partial charge in [-0.15, -0.1) is 11.3 Å². The lowest BCUT2D eigenvalue weighted by Gasteiger charge is -2.02. The highest BCUT2D eigenvalue weighted by Crippen LogP contribution is 2.55. The number of nitrogens with zero attached hydrogens (tertiary/aromatic N) is 1. The van der Waals surface area contributed by atoms with Gasteiger partial charge in [0.2, 0.25) is 0 Å². The summed E-state index contributed by atoms with van der Waals surface area (Å²) < 4.78 is 5.77. The van der Waals surface area contributed by atoms with Crippen molar-refractivity contribution in [3.05, 3.63) is 50.4 Å². The van der Waals surface area contributed by atoms with E-state index in [1.807, 2.05) is 30.5 Å². The molecule has 1 saturated carbocycles. The van der Waals surface area contributed by atoms with Gasteiger partial charge in [-0.1, -0.05) is 12.1 Å². The van der Waals surface area contributed by atoms with E-state index in [0.29, 0.717) is 17.4 Å². The van der Waals surface area contributed by atoms with Crippen LogP contribution in [0.3, 0.4) is 0 Å². The van der Waals surface area contributed by atoms with Crippen molar-refractivity contribution in [2.24, 2.45) is 0 Å². The Hall–Kier alpha value is -1.20. The molecule has 0 aliphatic heterocycles. The molecule has 0 amide bonds. The van der Waals surface area contributed by atoms with Gasteiger partial charge >= 0.3 is 5.97 Å². The van der Waals surface area contributed by atoms with Crippen LogP contribution in [0.25, 0.3) is 0 Å². The minimum Gasteiger partial charge on any atom is -0.465 e. The summed E-state index contributed by atoms with van der Waals surface area (Å²) in [7, 11) is 1.40. The van der Waals surface area contributed by atoms with Crippen molar-refractivity contribution in [1.82, 2.24) is 4.98 Å². The van der Waals surface area contributed by atoms with Crippen LogP contribution in [0.5, 0.6) is 0 Å². The smallest absolute Gasteiger partial charge is 0.337 e. The average molecular weight is 338 g/mol. The molecule has 1 aromatic heterocycles.